The van der Waals surface area contributed by atoms with E-state index >= 15 is 0 Å². The van der Waals surface area contributed by atoms with Crippen LogP contribution in [0.25, 0.3) is 0 Å². The highest BCUT2D eigenvalue weighted by molar-refractivity contribution is 5.83. The van der Waals surface area contributed by atoms with Gasteiger partial charge in [0.25, 0.3) is 0 Å². The summed E-state index contributed by atoms with van der Waals surface area (Å²) in [4.78, 5) is 23.8. The van der Waals surface area contributed by atoms with E-state index in [1.807, 2.05) is 0 Å². The summed E-state index contributed by atoms with van der Waals surface area (Å²) in [6, 6.07) is 0. The second-order valence-corrected chi connectivity index (χ2v) is 4.47. The Bertz CT molecular complexity index is 268. The highest BCUT2D eigenvalue weighted by Gasteiger charge is 2.32. The van der Waals surface area contributed by atoms with E-state index in [0.29, 0.717) is 6.54 Å². The monoisotopic (exact) mass is 228 g/mol. The van der Waals surface area contributed by atoms with Crippen LogP contribution < -0.4 is 5.73 Å². The normalized spacial score (nSPS) is 25.1. The molecule has 0 aromatic heterocycles. The van der Waals surface area contributed by atoms with Crippen molar-refractivity contribution >= 4 is 11.9 Å². The Morgan fingerprint density at radius 1 is 1.38 bits per heavy atom. The van der Waals surface area contributed by atoms with Crippen LogP contribution in [-0.2, 0) is 9.59 Å². The third kappa shape index (κ3) is 3.20. The summed E-state index contributed by atoms with van der Waals surface area (Å²) >= 11 is 0. The van der Waals surface area contributed by atoms with Crippen LogP contribution in [0.5, 0.6) is 0 Å². The molecule has 1 rings (SSSR count). The third-order valence-corrected chi connectivity index (χ3v) is 3.28. The van der Waals surface area contributed by atoms with E-state index in [2.05, 4.69) is 0 Å². The predicted octanol–water partition coefficient (Wildman–Crippen LogP) is 0.295. The lowest BCUT2D eigenvalue weighted by Gasteiger charge is -2.32. The lowest BCUT2D eigenvalue weighted by Crippen LogP contribution is -2.42. The van der Waals surface area contributed by atoms with Crippen LogP contribution in [0, 0.1) is 11.8 Å². The number of amides is 1. The lowest BCUT2D eigenvalue weighted by molar-refractivity contribution is -0.146. The Hall–Kier alpha value is -1.10. The molecule has 0 spiro atoms. The van der Waals surface area contributed by atoms with Gasteiger partial charge in [-0.15, -0.1) is 0 Å². The first-order valence-corrected chi connectivity index (χ1v) is 5.73. The van der Waals surface area contributed by atoms with E-state index in [1.165, 1.54) is 4.90 Å². The van der Waals surface area contributed by atoms with Crippen LogP contribution in [0.2, 0.25) is 0 Å². The molecule has 0 saturated heterocycles. The molecule has 1 fully saturated rings. The Labute approximate surface area is 95.6 Å². The molecule has 2 unspecified atom stereocenters. The van der Waals surface area contributed by atoms with Crippen LogP contribution in [0.1, 0.15) is 25.7 Å². The van der Waals surface area contributed by atoms with Gasteiger partial charge in [-0.2, -0.15) is 0 Å². The molecule has 1 saturated carbocycles. The van der Waals surface area contributed by atoms with Gasteiger partial charge < -0.3 is 15.7 Å². The third-order valence-electron chi connectivity index (χ3n) is 3.28. The van der Waals surface area contributed by atoms with E-state index in [0.717, 1.165) is 25.7 Å². The van der Waals surface area contributed by atoms with Gasteiger partial charge in [-0.25, -0.2) is 0 Å². The van der Waals surface area contributed by atoms with Gasteiger partial charge in [-0.3, -0.25) is 9.59 Å². The summed E-state index contributed by atoms with van der Waals surface area (Å²) in [5.74, 6) is -0.908. The van der Waals surface area contributed by atoms with Crippen LogP contribution in [0.15, 0.2) is 0 Å². The number of carboxylic acid groups (broad SMARTS) is 1. The fourth-order valence-electron chi connectivity index (χ4n) is 2.38. The minimum atomic E-state index is -0.976. The van der Waals surface area contributed by atoms with E-state index in [1.54, 1.807) is 7.05 Å². The Morgan fingerprint density at radius 2 is 2.00 bits per heavy atom. The van der Waals surface area contributed by atoms with E-state index in [9.17, 15) is 9.59 Å². The molecule has 2 atom stereocenters. The van der Waals surface area contributed by atoms with E-state index in [4.69, 9.17) is 10.8 Å². The zero-order valence-corrected chi connectivity index (χ0v) is 9.69. The molecule has 1 aliphatic carbocycles. The number of nitrogens with zero attached hydrogens (tertiary/aromatic N) is 1. The quantitative estimate of drug-likeness (QED) is 0.724. The molecule has 0 radical (unpaired) electrons. The van der Waals surface area contributed by atoms with Crippen LogP contribution in [0.3, 0.4) is 0 Å². The van der Waals surface area contributed by atoms with Crippen molar-refractivity contribution in [2.45, 2.75) is 25.7 Å². The molecular weight excluding hydrogens is 208 g/mol. The molecule has 5 heteroatoms. The standard InChI is InChI=1S/C11H20N2O3/c1-13(7-10(14)15)11(16)9-5-3-2-4-8(9)6-12/h8-9H,2-7,12H2,1H3,(H,14,15). The van der Waals surface area contributed by atoms with Crippen LogP contribution >= 0.6 is 0 Å². The highest BCUT2D eigenvalue weighted by Crippen LogP contribution is 2.30. The summed E-state index contributed by atoms with van der Waals surface area (Å²) in [7, 11) is 1.54. The highest BCUT2D eigenvalue weighted by atomic mass is 16.4. The molecule has 5 nitrogen and oxygen atoms in total. The van der Waals surface area contributed by atoms with Crippen molar-refractivity contribution in [2.75, 3.05) is 20.1 Å². The van der Waals surface area contributed by atoms with Gasteiger partial charge in [0, 0.05) is 13.0 Å². The molecule has 0 aliphatic heterocycles. The van der Waals surface area contributed by atoms with Gasteiger partial charge in [0.2, 0.25) is 5.91 Å². The number of nitrogens with two attached hydrogens (primary N) is 1. The van der Waals surface area contributed by atoms with Crippen molar-refractivity contribution in [3.05, 3.63) is 0 Å². The van der Waals surface area contributed by atoms with Gasteiger partial charge >= 0.3 is 5.97 Å². The summed E-state index contributed by atoms with van der Waals surface area (Å²) in [6.45, 7) is 0.282. The maximum atomic E-state index is 12.0. The van der Waals surface area contributed by atoms with Crippen LogP contribution in [0.4, 0.5) is 0 Å². The van der Waals surface area contributed by atoms with Gasteiger partial charge in [0.05, 0.1) is 0 Å². The summed E-state index contributed by atoms with van der Waals surface area (Å²) in [5, 5.41) is 8.64. The number of rotatable bonds is 4. The molecule has 1 amide bonds. The number of carbonyl (C=O) groups is 2. The Morgan fingerprint density at radius 3 is 2.56 bits per heavy atom. The lowest BCUT2D eigenvalue weighted by atomic mass is 9.78. The van der Waals surface area contributed by atoms with Gasteiger partial charge in [0.15, 0.2) is 0 Å². The maximum Gasteiger partial charge on any atom is 0.323 e. The molecule has 3 N–H and O–H groups in total. The minimum Gasteiger partial charge on any atom is -0.480 e. The second-order valence-electron chi connectivity index (χ2n) is 4.47. The van der Waals surface area contributed by atoms with Crippen molar-refractivity contribution in [3.8, 4) is 0 Å². The van der Waals surface area contributed by atoms with Crippen molar-refractivity contribution in [1.82, 2.24) is 4.90 Å². The van der Waals surface area contributed by atoms with E-state index in [-0.39, 0.29) is 24.3 Å². The first-order valence-electron chi connectivity index (χ1n) is 5.73. The van der Waals surface area contributed by atoms with Gasteiger partial charge in [-0.1, -0.05) is 12.8 Å². The zero-order valence-electron chi connectivity index (χ0n) is 9.69. The SMILES string of the molecule is CN(CC(=O)O)C(=O)C1CCCCC1CN. The largest absolute Gasteiger partial charge is 0.480 e. The number of aliphatic carboxylic acids is 1. The van der Waals surface area contributed by atoms with E-state index < -0.39 is 5.97 Å². The smallest absolute Gasteiger partial charge is 0.323 e. The summed E-state index contributed by atoms with van der Waals surface area (Å²) in [5.41, 5.74) is 5.65. The first kappa shape index (κ1) is 13.0. The van der Waals surface area contributed by atoms with Crippen molar-refractivity contribution in [3.63, 3.8) is 0 Å². The summed E-state index contributed by atoms with van der Waals surface area (Å²) in [6.07, 6.45) is 3.97. The van der Waals surface area contributed by atoms with Crippen molar-refractivity contribution < 1.29 is 14.7 Å². The molecule has 0 heterocycles. The zero-order chi connectivity index (χ0) is 12.1. The Balaban J connectivity index is 2.59. The number of likely N-dealkylation sites (N-methyl/N-ethyl adjacent to an activating group) is 1. The van der Waals surface area contributed by atoms with Crippen molar-refractivity contribution in [2.24, 2.45) is 17.6 Å². The predicted molar refractivity (Wildman–Crippen MR) is 59.8 cm³/mol. The molecular formula is C11H20N2O3. The summed E-state index contributed by atoms with van der Waals surface area (Å²) < 4.78 is 0. The molecule has 92 valence electrons. The maximum absolute atomic E-state index is 12.0. The van der Waals surface area contributed by atoms with Gasteiger partial charge in [0.1, 0.15) is 6.54 Å². The van der Waals surface area contributed by atoms with Crippen molar-refractivity contribution in [1.29, 1.82) is 0 Å². The fourth-order valence-corrected chi connectivity index (χ4v) is 2.38. The fraction of sp³-hybridized carbons (Fsp3) is 0.818. The topological polar surface area (TPSA) is 83.6 Å². The average Bonchev–Trinajstić information content (AvgIpc) is 2.27. The molecule has 0 aromatic carbocycles. The Kier molecular flexibility index (Phi) is 4.73. The molecule has 16 heavy (non-hydrogen) atoms. The number of hydrogen-bond acceptors (Lipinski definition) is 3. The van der Waals surface area contributed by atoms with Gasteiger partial charge in [-0.05, 0) is 25.3 Å². The van der Waals surface area contributed by atoms with Crippen LogP contribution in [-0.4, -0.2) is 42.0 Å². The number of carboxylic acids is 1. The molecule has 0 aromatic rings. The number of hydrogen-bond donors (Lipinski definition) is 2. The molecule has 1 aliphatic rings. The minimum absolute atomic E-state index is 0.0717. The molecule has 0 bridgehead atoms. The average molecular weight is 228 g/mol. The first-order chi connectivity index (χ1) is 7.56. The number of carbonyl (C=O) groups excluding carboxylic acids is 1. The second kappa shape index (κ2) is 5.84.